The first-order valence-corrected chi connectivity index (χ1v) is 17.9. The van der Waals surface area contributed by atoms with Gasteiger partial charge in [0.1, 0.15) is 23.8 Å². The summed E-state index contributed by atoms with van der Waals surface area (Å²) >= 11 is 6.11. The summed E-state index contributed by atoms with van der Waals surface area (Å²) in [6.45, 7) is 23.1. The second kappa shape index (κ2) is 8.91. The van der Waals surface area contributed by atoms with Crippen molar-refractivity contribution in [3.05, 3.63) is 17.5 Å². The number of rotatable bonds is 6. The first kappa shape index (κ1) is 26.6. The lowest BCUT2D eigenvalue weighted by atomic mass is 10.2. The summed E-state index contributed by atoms with van der Waals surface area (Å²) in [5.41, 5.74) is 6.74. The third-order valence-electron chi connectivity index (χ3n) is 7.73. The van der Waals surface area contributed by atoms with Gasteiger partial charge in [-0.25, -0.2) is 4.98 Å². The average molecular weight is 513 g/mol. The maximum Gasteiger partial charge on any atom is 0.226 e. The van der Waals surface area contributed by atoms with Crippen LogP contribution in [0.2, 0.25) is 41.5 Å². The first-order valence-electron chi connectivity index (χ1n) is 11.7. The molecular formula is C23H41ClN4O3Si2. The van der Waals surface area contributed by atoms with Gasteiger partial charge in [-0.3, -0.25) is 0 Å². The number of fused-ring (bicyclic) bond motifs is 1. The maximum atomic E-state index is 6.87. The van der Waals surface area contributed by atoms with Gasteiger partial charge in [0.15, 0.2) is 16.6 Å². The van der Waals surface area contributed by atoms with E-state index in [-0.39, 0.29) is 33.8 Å². The van der Waals surface area contributed by atoms with Crippen LogP contribution in [0.5, 0.6) is 0 Å². The van der Waals surface area contributed by atoms with Crippen molar-refractivity contribution in [2.45, 2.75) is 103 Å². The van der Waals surface area contributed by atoms with Gasteiger partial charge in [0.2, 0.25) is 5.28 Å². The van der Waals surface area contributed by atoms with Crippen LogP contribution in [0.15, 0.2) is 12.3 Å². The van der Waals surface area contributed by atoms with Gasteiger partial charge in [-0.05, 0) is 53.9 Å². The van der Waals surface area contributed by atoms with Crippen molar-refractivity contribution in [3.63, 3.8) is 0 Å². The molecule has 0 bridgehead atoms. The van der Waals surface area contributed by atoms with Crippen molar-refractivity contribution in [2.24, 2.45) is 0 Å². The molecule has 3 atom stereocenters. The molecule has 0 unspecified atom stereocenters. The van der Waals surface area contributed by atoms with Crippen LogP contribution in [0.3, 0.4) is 0 Å². The van der Waals surface area contributed by atoms with E-state index in [1.54, 1.807) is 0 Å². The van der Waals surface area contributed by atoms with Crippen LogP contribution in [0, 0.1) is 0 Å². The third kappa shape index (κ3) is 5.49. The van der Waals surface area contributed by atoms with E-state index in [1.807, 2.05) is 16.8 Å². The molecule has 2 aromatic heterocycles. The minimum absolute atomic E-state index is 0.0623. The Morgan fingerprint density at radius 3 is 2.27 bits per heavy atom. The molecule has 1 saturated heterocycles. The van der Waals surface area contributed by atoms with Crippen LogP contribution in [0.25, 0.3) is 11.0 Å². The highest BCUT2D eigenvalue weighted by atomic mass is 35.5. The highest BCUT2D eigenvalue weighted by Crippen LogP contribution is 2.43. The fraction of sp³-hybridized carbons (Fsp3) is 0.739. The lowest BCUT2D eigenvalue weighted by molar-refractivity contribution is -0.0382. The van der Waals surface area contributed by atoms with E-state index in [2.05, 4.69) is 77.7 Å². The number of nitrogens with zero attached hydrogens (tertiary/aromatic N) is 3. The zero-order valence-electron chi connectivity index (χ0n) is 21.8. The standard InChI is InChI=1S/C23H41ClN4O3Si2/c1-22(2,3)32(7,8)29-14-17-16(31-33(9,10)23(4,5)6)13-18(30-17)28-12-11-15-19(25)26-21(24)27-20(15)28/h11-12,16-18H,13-14H2,1-10H3,(H2,25,26,27)/t16-,17+,18+/m0/s1. The van der Waals surface area contributed by atoms with E-state index in [0.29, 0.717) is 24.5 Å². The number of nitrogen functional groups attached to an aromatic ring is 1. The Bertz CT molecular complexity index is 998. The SMILES string of the molecule is CC(C)(C)[Si](C)(C)OC[C@H]1O[C@@H](n2ccc3c(N)nc(Cl)nc32)C[C@@H]1O[Si](C)(C)C(C)(C)C. The predicted molar refractivity (Wildman–Crippen MR) is 141 cm³/mol. The molecule has 0 amide bonds. The molecule has 7 nitrogen and oxygen atoms in total. The van der Waals surface area contributed by atoms with E-state index in [4.69, 9.17) is 30.9 Å². The van der Waals surface area contributed by atoms with Gasteiger partial charge in [0.05, 0.1) is 18.1 Å². The number of halogens is 1. The molecule has 2 N–H and O–H groups in total. The number of ether oxygens (including phenoxy) is 1. The molecule has 2 aromatic rings. The second-order valence-corrected chi connectivity index (χ2v) is 22.1. The summed E-state index contributed by atoms with van der Waals surface area (Å²) in [6, 6.07) is 1.91. The average Bonchev–Trinajstić information content (AvgIpc) is 3.21. The molecule has 0 spiro atoms. The summed E-state index contributed by atoms with van der Waals surface area (Å²) < 4.78 is 22.0. The summed E-state index contributed by atoms with van der Waals surface area (Å²) in [5.74, 6) is 0.369. The van der Waals surface area contributed by atoms with Gasteiger partial charge in [-0.1, -0.05) is 41.5 Å². The Morgan fingerprint density at radius 2 is 1.70 bits per heavy atom. The number of anilines is 1. The minimum Gasteiger partial charge on any atom is -0.414 e. The van der Waals surface area contributed by atoms with Crippen molar-refractivity contribution >= 4 is 45.1 Å². The molecule has 0 saturated carbocycles. The summed E-state index contributed by atoms with van der Waals surface area (Å²) in [7, 11) is -3.94. The molecule has 186 valence electrons. The molecule has 1 aliphatic heterocycles. The van der Waals surface area contributed by atoms with Crippen LogP contribution >= 0.6 is 11.6 Å². The maximum absolute atomic E-state index is 6.87. The van der Waals surface area contributed by atoms with Crippen LogP contribution in [-0.4, -0.2) is 50.0 Å². The zero-order chi connectivity index (χ0) is 25.0. The topological polar surface area (TPSA) is 84.4 Å². The van der Waals surface area contributed by atoms with E-state index < -0.39 is 16.6 Å². The van der Waals surface area contributed by atoms with E-state index in [9.17, 15) is 0 Å². The molecule has 0 radical (unpaired) electrons. The fourth-order valence-corrected chi connectivity index (χ4v) is 6.01. The molecule has 3 heterocycles. The Balaban J connectivity index is 1.90. The monoisotopic (exact) mass is 512 g/mol. The molecule has 0 aromatic carbocycles. The van der Waals surface area contributed by atoms with Gasteiger partial charge >= 0.3 is 0 Å². The normalized spacial score (nSPS) is 22.9. The molecule has 1 fully saturated rings. The number of hydrogen-bond donors (Lipinski definition) is 1. The molecule has 1 aliphatic rings. The molecular weight excluding hydrogens is 472 g/mol. The third-order valence-corrected chi connectivity index (χ3v) is 16.9. The van der Waals surface area contributed by atoms with Crippen molar-refractivity contribution in [1.29, 1.82) is 0 Å². The summed E-state index contributed by atoms with van der Waals surface area (Å²) in [5, 5.41) is 1.13. The van der Waals surface area contributed by atoms with Crippen LogP contribution in [0.1, 0.15) is 54.2 Å². The van der Waals surface area contributed by atoms with Crippen molar-refractivity contribution in [2.75, 3.05) is 12.3 Å². The number of hydrogen-bond acceptors (Lipinski definition) is 6. The van der Waals surface area contributed by atoms with Crippen LogP contribution in [0.4, 0.5) is 5.82 Å². The van der Waals surface area contributed by atoms with Crippen LogP contribution in [-0.2, 0) is 13.6 Å². The highest BCUT2D eigenvalue weighted by molar-refractivity contribution is 6.74. The smallest absolute Gasteiger partial charge is 0.226 e. The Labute approximate surface area is 205 Å². The van der Waals surface area contributed by atoms with Gasteiger partial charge in [-0.2, -0.15) is 4.98 Å². The van der Waals surface area contributed by atoms with E-state index in [1.165, 1.54) is 0 Å². The predicted octanol–water partition coefficient (Wildman–Crippen LogP) is 6.37. The number of nitrogens with two attached hydrogens (primary N) is 1. The highest BCUT2D eigenvalue weighted by Gasteiger charge is 2.46. The van der Waals surface area contributed by atoms with Gasteiger partial charge in [0, 0.05) is 12.6 Å². The van der Waals surface area contributed by atoms with E-state index in [0.717, 1.165) is 5.39 Å². The molecule has 33 heavy (non-hydrogen) atoms. The zero-order valence-corrected chi connectivity index (χ0v) is 24.6. The number of aromatic nitrogens is 3. The quantitative estimate of drug-likeness (QED) is 0.357. The van der Waals surface area contributed by atoms with E-state index >= 15 is 0 Å². The second-order valence-electron chi connectivity index (χ2n) is 12.2. The fourth-order valence-electron chi connectivity index (χ4n) is 3.47. The Kier molecular flexibility index (Phi) is 7.19. The van der Waals surface area contributed by atoms with Gasteiger partial charge in [-0.15, -0.1) is 0 Å². The molecule has 0 aliphatic carbocycles. The van der Waals surface area contributed by atoms with Crippen molar-refractivity contribution in [1.82, 2.24) is 14.5 Å². The Hall–Kier alpha value is -0.976. The lowest BCUT2D eigenvalue weighted by Crippen LogP contribution is -2.48. The molecule has 3 rings (SSSR count). The largest absolute Gasteiger partial charge is 0.414 e. The first-order chi connectivity index (χ1) is 14.9. The van der Waals surface area contributed by atoms with Crippen molar-refractivity contribution in [3.8, 4) is 0 Å². The Morgan fingerprint density at radius 1 is 1.09 bits per heavy atom. The van der Waals surface area contributed by atoms with Crippen molar-refractivity contribution < 1.29 is 13.6 Å². The molecule has 10 heteroatoms. The van der Waals surface area contributed by atoms with Gasteiger partial charge < -0.3 is 23.9 Å². The summed E-state index contributed by atoms with van der Waals surface area (Å²) in [6.07, 6.45) is 2.19. The summed E-state index contributed by atoms with van der Waals surface area (Å²) in [4.78, 5) is 8.49. The minimum atomic E-state index is -2.01. The lowest BCUT2D eigenvalue weighted by Gasteiger charge is -2.40. The van der Waals surface area contributed by atoms with Crippen LogP contribution < -0.4 is 5.73 Å². The van der Waals surface area contributed by atoms with Gasteiger partial charge in [0.25, 0.3) is 0 Å².